The van der Waals surface area contributed by atoms with E-state index >= 15 is 0 Å². The maximum atomic E-state index is 11.9. The van der Waals surface area contributed by atoms with E-state index in [4.69, 9.17) is 16.6 Å². The van der Waals surface area contributed by atoms with Gasteiger partial charge in [-0.1, -0.05) is 71.9 Å². The minimum absolute atomic E-state index is 0.599. The van der Waals surface area contributed by atoms with E-state index in [1.165, 1.54) is 11.8 Å². The molecule has 29 heavy (non-hydrogen) atoms. The Kier molecular flexibility index (Phi) is 5.69. The number of thioether (sulfide) groups is 1. The lowest BCUT2D eigenvalue weighted by molar-refractivity contribution is -0.135. The standard InChI is InChI=1S/C23H17ClN2O2S/c24-17-13-11-16(12-14-17)20-15-21(22(27)28)29-23(25-18-7-3-1-4-8-18)26(20)19-9-5-2-6-10-19/h1-15,21H,(H,27,28). The van der Waals surface area contributed by atoms with E-state index < -0.39 is 11.2 Å². The van der Waals surface area contributed by atoms with Gasteiger partial charge in [0.1, 0.15) is 5.25 Å². The van der Waals surface area contributed by atoms with Gasteiger partial charge in [-0.05, 0) is 48.0 Å². The molecule has 0 radical (unpaired) electrons. The third kappa shape index (κ3) is 4.36. The van der Waals surface area contributed by atoms with Gasteiger partial charge in [0.15, 0.2) is 5.17 Å². The Morgan fingerprint density at radius 3 is 2.17 bits per heavy atom. The average molecular weight is 421 g/mol. The maximum Gasteiger partial charge on any atom is 0.321 e. The first kappa shape index (κ1) is 19.3. The second-order valence-corrected chi connectivity index (χ2v) is 7.88. The summed E-state index contributed by atoms with van der Waals surface area (Å²) in [6.45, 7) is 0. The highest BCUT2D eigenvalue weighted by atomic mass is 35.5. The number of carbonyl (C=O) groups is 1. The molecule has 0 aliphatic carbocycles. The molecule has 144 valence electrons. The van der Waals surface area contributed by atoms with Crippen LogP contribution < -0.4 is 4.90 Å². The van der Waals surface area contributed by atoms with Gasteiger partial charge in [-0.15, -0.1) is 0 Å². The second-order valence-electron chi connectivity index (χ2n) is 6.34. The number of benzene rings is 3. The van der Waals surface area contributed by atoms with Crippen molar-refractivity contribution in [2.45, 2.75) is 5.25 Å². The van der Waals surface area contributed by atoms with Crippen LogP contribution >= 0.6 is 23.4 Å². The topological polar surface area (TPSA) is 52.9 Å². The van der Waals surface area contributed by atoms with Gasteiger partial charge in [0.05, 0.1) is 11.4 Å². The Morgan fingerprint density at radius 1 is 0.931 bits per heavy atom. The van der Waals surface area contributed by atoms with Crippen molar-refractivity contribution in [3.8, 4) is 0 Å². The van der Waals surface area contributed by atoms with Crippen LogP contribution in [0.15, 0.2) is 96.0 Å². The summed E-state index contributed by atoms with van der Waals surface area (Å²) in [6.07, 6.45) is 1.76. The van der Waals surface area contributed by atoms with Crippen molar-refractivity contribution in [3.63, 3.8) is 0 Å². The summed E-state index contributed by atoms with van der Waals surface area (Å²) >= 11 is 7.28. The van der Waals surface area contributed by atoms with Crippen molar-refractivity contribution in [1.29, 1.82) is 0 Å². The highest BCUT2D eigenvalue weighted by molar-refractivity contribution is 8.15. The second kappa shape index (κ2) is 8.55. The minimum Gasteiger partial charge on any atom is -0.480 e. The fourth-order valence-electron chi connectivity index (χ4n) is 3.00. The van der Waals surface area contributed by atoms with E-state index in [0.29, 0.717) is 10.2 Å². The molecule has 6 heteroatoms. The monoisotopic (exact) mass is 420 g/mol. The highest BCUT2D eigenvalue weighted by Gasteiger charge is 2.32. The molecule has 4 nitrogen and oxygen atoms in total. The fraction of sp³-hybridized carbons (Fsp3) is 0.0435. The van der Waals surface area contributed by atoms with Crippen molar-refractivity contribution in [2.75, 3.05) is 4.90 Å². The fourth-order valence-corrected chi connectivity index (χ4v) is 4.12. The number of carboxylic acid groups (broad SMARTS) is 1. The van der Waals surface area contributed by atoms with Crippen LogP contribution in [0, 0.1) is 0 Å². The molecule has 0 aromatic heterocycles. The van der Waals surface area contributed by atoms with Crippen LogP contribution in [0.1, 0.15) is 5.56 Å². The number of carboxylic acids is 1. The summed E-state index contributed by atoms with van der Waals surface area (Å²) in [6, 6.07) is 26.7. The van der Waals surface area contributed by atoms with Gasteiger partial charge in [-0.3, -0.25) is 9.69 Å². The number of anilines is 1. The van der Waals surface area contributed by atoms with Crippen LogP contribution in [-0.2, 0) is 4.79 Å². The summed E-state index contributed by atoms with van der Waals surface area (Å²) in [5, 5.41) is 10.2. The summed E-state index contributed by atoms with van der Waals surface area (Å²) < 4.78 is 0. The third-order valence-corrected chi connectivity index (χ3v) is 5.68. The number of nitrogens with zero attached hydrogens (tertiary/aromatic N) is 2. The molecule has 1 aliphatic heterocycles. The number of amidine groups is 1. The Labute approximate surface area is 178 Å². The van der Waals surface area contributed by atoms with Crippen LogP contribution in [-0.4, -0.2) is 21.5 Å². The number of aliphatic imine (C=N–C) groups is 1. The van der Waals surface area contributed by atoms with Gasteiger partial charge < -0.3 is 5.11 Å². The van der Waals surface area contributed by atoms with Crippen LogP contribution in [0.2, 0.25) is 5.02 Å². The number of rotatable bonds is 4. The largest absolute Gasteiger partial charge is 0.480 e. The summed E-state index contributed by atoms with van der Waals surface area (Å²) in [4.78, 5) is 18.6. The predicted octanol–water partition coefficient (Wildman–Crippen LogP) is 6.08. The molecule has 1 atom stereocenters. The molecular weight excluding hydrogens is 404 g/mol. The van der Waals surface area contributed by atoms with Crippen molar-refractivity contribution in [1.82, 2.24) is 0 Å². The lowest BCUT2D eigenvalue weighted by Crippen LogP contribution is -2.35. The zero-order chi connectivity index (χ0) is 20.2. The van der Waals surface area contributed by atoms with Gasteiger partial charge in [0.2, 0.25) is 0 Å². The van der Waals surface area contributed by atoms with Crippen LogP contribution in [0.25, 0.3) is 5.70 Å². The SMILES string of the molecule is O=C(O)C1C=C(c2ccc(Cl)cc2)N(c2ccccc2)C(=Nc2ccccc2)S1. The Balaban J connectivity index is 1.90. The zero-order valence-electron chi connectivity index (χ0n) is 15.3. The van der Waals surface area contributed by atoms with Gasteiger partial charge in [-0.25, -0.2) is 4.99 Å². The summed E-state index contributed by atoms with van der Waals surface area (Å²) in [5.74, 6) is -0.907. The molecule has 3 aromatic rings. The molecule has 0 bridgehead atoms. The summed E-state index contributed by atoms with van der Waals surface area (Å²) in [7, 11) is 0. The lowest BCUT2D eigenvalue weighted by atomic mass is 10.1. The molecule has 1 aliphatic rings. The Morgan fingerprint density at radius 2 is 1.55 bits per heavy atom. The lowest BCUT2D eigenvalue weighted by Gasteiger charge is -2.33. The van der Waals surface area contributed by atoms with Crippen molar-refractivity contribution in [2.24, 2.45) is 4.99 Å². The van der Waals surface area contributed by atoms with Gasteiger partial charge in [0.25, 0.3) is 0 Å². The first-order valence-corrected chi connectivity index (χ1v) is 10.2. The molecule has 1 N–H and O–H groups in total. The molecule has 3 aromatic carbocycles. The number of hydrogen-bond acceptors (Lipinski definition) is 3. The molecule has 0 saturated heterocycles. The number of hydrogen-bond donors (Lipinski definition) is 1. The molecule has 1 heterocycles. The van der Waals surface area contributed by atoms with Crippen molar-refractivity contribution in [3.05, 3.63) is 102 Å². The molecule has 0 amide bonds. The first-order valence-electron chi connectivity index (χ1n) is 8.98. The van der Waals surface area contributed by atoms with E-state index in [-0.39, 0.29) is 0 Å². The van der Waals surface area contributed by atoms with E-state index in [1.807, 2.05) is 77.7 Å². The molecule has 0 saturated carbocycles. The number of para-hydroxylation sites is 2. The van der Waals surface area contributed by atoms with E-state index in [1.54, 1.807) is 18.2 Å². The van der Waals surface area contributed by atoms with Crippen LogP contribution in [0.5, 0.6) is 0 Å². The molecule has 1 unspecified atom stereocenters. The van der Waals surface area contributed by atoms with Gasteiger partial charge in [-0.2, -0.15) is 0 Å². The number of halogens is 1. The van der Waals surface area contributed by atoms with Crippen molar-refractivity contribution >= 4 is 51.6 Å². The highest BCUT2D eigenvalue weighted by Crippen LogP contribution is 2.38. The first-order chi connectivity index (χ1) is 14.1. The van der Waals surface area contributed by atoms with Gasteiger partial charge in [0, 0.05) is 10.7 Å². The quantitative estimate of drug-likeness (QED) is 0.556. The van der Waals surface area contributed by atoms with Crippen molar-refractivity contribution < 1.29 is 9.90 Å². The minimum atomic E-state index is -0.907. The predicted molar refractivity (Wildman–Crippen MR) is 121 cm³/mol. The van der Waals surface area contributed by atoms with Crippen LogP contribution in [0.4, 0.5) is 11.4 Å². The molecule has 0 spiro atoms. The van der Waals surface area contributed by atoms with E-state index in [0.717, 1.165) is 22.6 Å². The maximum absolute atomic E-state index is 11.9. The van der Waals surface area contributed by atoms with Gasteiger partial charge >= 0.3 is 5.97 Å². The smallest absolute Gasteiger partial charge is 0.321 e. The number of aliphatic carboxylic acids is 1. The van der Waals surface area contributed by atoms with Crippen LogP contribution in [0.3, 0.4) is 0 Å². The Bertz CT molecular complexity index is 1070. The van der Waals surface area contributed by atoms with E-state index in [2.05, 4.69) is 0 Å². The summed E-state index contributed by atoms with van der Waals surface area (Å²) in [5.41, 5.74) is 3.29. The molecule has 4 rings (SSSR count). The molecule has 0 fully saturated rings. The third-order valence-electron chi connectivity index (χ3n) is 4.35. The zero-order valence-corrected chi connectivity index (χ0v) is 16.8. The Hall–Kier alpha value is -3.02. The molecular formula is C23H17ClN2O2S. The average Bonchev–Trinajstić information content (AvgIpc) is 2.75. The van der Waals surface area contributed by atoms with E-state index in [9.17, 15) is 9.90 Å². The normalized spacial score (nSPS) is 17.8.